The predicted octanol–water partition coefficient (Wildman–Crippen LogP) is 1.70. The Labute approximate surface area is 111 Å². The average molecular weight is 306 g/mol. The second-order valence-corrected chi connectivity index (χ2v) is 4.28. The Morgan fingerprint density at radius 3 is 3.06 bits per heavy atom. The number of pyridine rings is 1. The van der Waals surface area contributed by atoms with Gasteiger partial charge in [0.25, 0.3) is 5.91 Å². The van der Waals surface area contributed by atoms with Crippen molar-refractivity contribution in [2.45, 2.75) is 0 Å². The summed E-state index contributed by atoms with van der Waals surface area (Å²) in [6.07, 6.45) is 2.92. The summed E-state index contributed by atoms with van der Waals surface area (Å²) in [6, 6.07) is 5.15. The molecule has 0 unspecified atom stereocenters. The Bertz CT molecular complexity index is 643. The van der Waals surface area contributed by atoms with Crippen LogP contribution in [0.1, 0.15) is 15.9 Å². The highest BCUT2D eigenvalue weighted by Crippen LogP contribution is 2.15. The third-order valence-electron chi connectivity index (χ3n) is 2.28. The lowest BCUT2D eigenvalue weighted by atomic mass is 10.2. The van der Waals surface area contributed by atoms with Gasteiger partial charge in [0.15, 0.2) is 0 Å². The maximum atomic E-state index is 12.0. The van der Waals surface area contributed by atoms with E-state index in [4.69, 9.17) is 5.26 Å². The lowest BCUT2D eigenvalue weighted by molar-refractivity contribution is 0.102. The van der Waals surface area contributed by atoms with Crippen LogP contribution in [0, 0.1) is 11.3 Å². The Morgan fingerprint density at radius 2 is 2.39 bits per heavy atom. The zero-order valence-electron chi connectivity index (χ0n) is 9.38. The minimum absolute atomic E-state index is 0.318. The molecule has 2 aromatic heterocycles. The van der Waals surface area contributed by atoms with E-state index in [0.717, 1.165) is 0 Å². The molecule has 1 amide bonds. The van der Waals surface area contributed by atoms with Crippen molar-refractivity contribution in [3.63, 3.8) is 0 Å². The van der Waals surface area contributed by atoms with Crippen molar-refractivity contribution in [3.05, 3.63) is 40.3 Å². The monoisotopic (exact) mass is 305 g/mol. The van der Waals surface area contributed by atoms with Gasteiger partial charge in [-0.1, -0.05) is 0 Å². The van der Waals surface area contributed by atoms with Crippen molar-refractivity contribution in [2.24, 2.45) is 7.05 Å². The van der Waals surface area contributed by atoms with Crippen LogP contribution >= 0.6 is 15.9 Å². The quantitative estimate of drug-likeness (QED) is 0.856. The molecule has 0 fully saturated rings. The summed E-state index contributed by atoms with van der Waals surface area (Å²) in [7, 11) is 1.65. The molecule has 0 radical (unpaired) electrons. The number of aromatic nitrogens is 3. The predicted molar refractivity (Wildman–Crippen MR) is 67.8 cm³/mol. The number of aryl methyl sites for hydroxylation is 1. The molecule has 2 heterocycles. The van der Waals surface area contributed by atoms with E-state index in [0.29, 0.717) is 21.5 Å². The van der Waals surface area contributed by atoms with E-state index >= 15 is 0 Å². The standard InChI is InChI=1S/C11H8BrN5O/c1-17-10(8(5-13)6-15-17)16-11(18)7-2-3-14-9(12)4-7/h2-4,6H,1H3,(H,16,18). The maximum Gasteiger partial charge on any atom is 0.256 e. The third-order valence-corrected chi connectivity index (χ3v) is 2.71. The number of nitrogens with zero attached hydrogens (tertiary/aromatic N) is 4. The van der Waals surface area contributed by atoms with E-state index in [1.165, 1.54) is 17.1 Å². The van der Waals surface area contributed by atoms with Crippen molar-refractivity contribution >= 4 is 27.7 Å². The summed E-state index contributed by atoms with van der Waals surface area (Å²) in [5.41, 5.74) is 0.765. The van der Waals surface area contributed by atoms with Gasteiger partial charge in [-0.15, -0.1) is 0 Å². The molecule has 90 valence electrons. The van der Waals surface area contributed by atoms with Gasteiger partial charge in [0.05, 0.1) is 6.20 Å². The summed E-state index contributed by atoms with van der Waals surface area (Å²) >= 11 is 3.19. The van der Waals surface area contributed by atoms with Crippen LogP contribution in [0.3, 0.4) is 0 Å². The van der Waals surface area contributed by atoms with Crippen LogP contribution < -0.4 is 5.32 Å². The number of hydrogen-bond acceptors (Lipinski definition) is 4. The first-order valence-electron chi connectivity index (χ1n) is 4.97. The molecule has 6 nitrogen and oxygen atoms in total. The van der Waals surface area contributed by atoms with Crippen LogP contribution in [0.15, 0.2) is 29.1 Å². The number of anilines is 1. The first-order valence-corrected chi connectivity index (χ1v) is 5.76. The van der Waals surface area contributed by atoms with Crippen LogP contribution in [0.25, 0.3) is 0 Å². The van der Waals surface area contributed by atoms with Gasteiger partial charge in [-0.05, 0) is 28.1 Å². The first kappa shape index (κ1) is 12.3. The number of rotatable bonds is 2. The fourth-order valence-corrected chi connectivity index (χ4v) is 1.76. The molecule has 0 saturated carbocycles. The van der Waals surface area contributed by atoms with Crippen LogP contribution in [0.4, 0.5) is 5.82 Å². The van der Waals surface area contributed by atoms with E-state index in [-0.39, 0.29) is 5.91 Å². The number of hydrogen-bond donors (Lipinski definition) is 1. The highest BCUT2D eigenvalue weighted by atomic mass is 79.9. The normalized spacial score (nSPS) is 9.83. The molecule has 0 aromatic carbocycles. The molecule has 0 bridgehead atoms. The number of carbonyl (C=O) groups is 1. The Balaban J connectivity index is 2.27. The van der Waals surface area contributed by atoms with Gasteiger partial charge >= 0.3 is 0 Å². The van der Waals surface area contributed by atoms with Gasteiger partial charge in [-0.3, -0.25) is 9.48 Å². The number of nitriles is 1. The van der Waals surface area contributed by atoms with Crippen molar-refractivity contribution in [1.29, 1.82) is 5.26 Å². The largest absolute Gasteiger partial charge is 0.306 e. The molecule has 2 rings (SSSR count). The van der Waals surface area contributed by atoms with Crippen LogP contribution in [0.5, 0.6) is 0 Å². The summed E-state index contributed by atoms with van der Waals surface area (Å²) < 4.78 is 2.01. The summed E-state index contributed by atoms with van der Waals surface area (Å²) in [4.78, 5) is 15.9. The fourth-order valence-electron chi connectivity index (χ4n) is 1.39. The molecule has 2 aromatic rings. The van der Waals surface area contributed by atoms with Crippen LogP contribution in [0.2, 0.25) is 0 Å². The highest BCUT2D eigenvalue weighted by Gasteiger charge is 2.13. The minimum atomic E-state index is -0.321. The van der Waals surface area contributed by atoms with E-state index in [2.05, 4.69) is 31.3 Å². The summed E-state index contributed by atoms with van der Waals surface area (Å²) in [5, 5.41) is 15.4. The Kier molecular flexibility index (Phi) is 3.39. The first-order chi connectivity index (χ1) is 8.61. The second-order valence-electron chi connectivity index (χ2n) is 3.46. The smallest absolute Gasteiger partial charge is 0.256 e. The lowest BCUT2D eigenvalue weighted by Gasteiger charge is -2.05. The van der Waals surface area contributed by atoms with Gasteiger partial charge in [0, 0.05) is 18.8 Å². The topological polar surface area (TPSA) is 83.6 Å². The van der Waals surface area contributed by atoms with Gasteiger partial charge in [-0.25, -0.2) is 4.98 Å². The molecule has 0 aliphatic heterocycles. The van der Waals surface area contributed by atoms with Gasteiger partial charge in [-0.2, -0.15) is 10.4 Å². The SMILES string of the molecule is Cn1ncc(C#N)c1NC(=O)c1ccnc(Br)c1. The Morgan fingerprint density at radius 1 is 1.61 bits per heavy atom. The molecule has 0 aliphatic carbocycles. The average Bonchev–Trinajstić information content (AvgIpc) is 2.70. The van der Waals surface area contributed by atoms with Crippen molar-refractivity contribution < 1.29 is 4.79 Å². The summed E-state index contributed by atoms with van der Waals surface area (Å²) in [5.74, 6) is 0.0497. The lowest BCUT2D eigenvalue weighted by Crippen LogP contribution is -2.15. The Hall–Kier alpha value is -2.20. The van der Waals surface area contributed by atoms with E-state index in [9.17, 15) is 4.79 Å². The minimum Gasteiger partial charge on any atom is -0.306 e. The molecule has 0 atom stereocenters. The van der Waals surface area contributed by atoms with Crippen molar-refractivity contribution in [3.8, 4) is 6.07 Å². The van der Waals surface area contributed by atoms with Gasteiger partial charge < -0.3 is 5.32 Å². The molecule has 0 spiro atoms. The molecular weight excluding hydrogens is 298 g/mol. The number of carbonyl (C=O) groups excluding carboxylic acids is 1. The van der Waals surface area contributed by atoms with E-state index in [1.807, 2.05) is 6.07 Å². The number of amides is 1. The van der Waals surface area contributed by atoms with Gasteiger partial charge in [0.1, 0.15) is 22.1 Å². The highest BCUT2D eigenvalue weighted by molar-refractivity contribution is 9.10. The molecular formula is C11H8BrN5O. The zero-order valence-corrected chi connectivity index (χ0v) is 11.0. The van der Waals surface area contributed by atoms with Crippen molar-refractivity contribution in [2.75, 3.05) is 5.32 Å². The zero-order chi connectivity index (χ0) is 13.1. The van der Waals surface area contributed by atoms with Gasteiger partial charge in [0.2, 0.25) is 0 Å². The molecule has 0 saturated heterocycles. The molecule has 1 N–H and O–H groups in total. The third kappa shape index (κ3) is 2.38. The number of halogens is 1. The fraction of sp³-hybridized carbons (Fsp3) is 0.0909. The molecule has 18 heavy (non-hydrogen) atoms. The molecule has 7 heteroatoms. The van der Waals surface area contributed by atoms with E-state index < -0.39 is 0 Å². The summed E-state index contributed by atoms with van der Waals surface area (Å²) in [6.45, 7) is 0. The van der Waals surface area contributed by atoms with Crippen molar-refractivity contribution in [1.82, 2.24) is 14.8 Å². The second kappa shape index (κ2) is 4.98. The maximum absolute atomic E-state index is 12.0. The number of nitrogens with one attached hydrogen (secondary N) is 1. The van der Waals surface area contributed by atoms with Crippen LogP contribution in [-0.4, -0.2) is 20.7 Å². The van der Waals surface area contributed by atoms with Crippen LogP contribution in [-0.2, 0) is 7.05 Å². The van der Waals surface area contributed by atoms with E-state index in [1.54, 1.807) is 19.2 Å². The molecule has 0 aliphatic rings.